The summed E-state index contributed by atoms with van der Waals surface area (Å²) in [5.74, 6) is 0.128. The van der Waals surface area contributed by atoms with Gasteiger partial charge in [0.2, 0.25) is 5.91 Å². The Kier molecular flexibility index (Phi) is 4.09. The van der Waals surface area contributed by atoms with E-state index in [1.807, 2.05) is 29.6 Å². The number of hydrogen-bond donors (Lipinski definition) is 2. The number of anilines is 2. The molecule has 0 radical (unpaired) electrons. The topological polar surface area (TPSA) is 71.1 Å². The van der Waals surface area contributed by atoms with Crippen molar-refractivity contribution < 1.29 is 9.59 Å². The number of carbonyl (C=O) groups is 2. The molecule has 1 aromatic carbocycles. The molecule has 1 aliphatic heterocycles. The third kappa shape index (κ3) is 3.08. The lowest BCUT2D eigenvalue weighted by molar-refractivity contribution is -0.113. The Bertz CT molecular complexity index is 919. The smallest absolute Gasteiger partial charge is 0.275 e. The van der Waals surface area contributed by atoms with Crippen molar-refractivity contribution in [1.82, 2.24) is 4.98 Å². The van der Waals surface area contributed by atoms with Crippen LogP contribution in [0.2, 0.25) is 0 Å². The fraction of sp³-hybridized carbons (Fsp3) is 0.0625. The first-order chi connectivity index (χ1) is 11.7. The molecule has 0 unspecified atom stereocenters. The molecule has 0 bridgehead atoms. The molecule has 8 heteroatoms. The zero-order valence-electron chi connectivity index (χ0n) is 12.2. The number of aromatic nitrogens is 1. The van der Waals surface area contributed by atoms with Crippen LogP contribution in [0.3, 0.4) is 0 Å². The monoisotopic (exact) mass is 373 g/mol. The number of nitrogens with one attached hydrogen (secondary N) is 2. The molecule has 3 aromatic rings. The van der Waals surface area contributed by atoms with Gasteiger partial charge in [-0.2, -0.15) is 0 Å². The minimum atomic E-state index is -0.260. The molecule has 5 nitrogen and oxygen atoms in total. The van der Waals surface area contributed by atoms with Gasteiger partial charge in [-0.05, 0) is 29.6 Å². The molecule has 0 fully saturated rings. The second kappa shape index (κ2) is 6.39. The van der Waals surface area contributed by atoms with Crippen LogP contribution in [-0.4, -0.2) is 22.6 Å². The van der Waals surface area contributed by atoms with E-state index in [1.54, 1.807) is 22.8 Å². The number of hydrogen-bond acceptors (Lipinski definition) is 6. The Balaban J connectivity index is 1.52. The van der Waals surface area contributed by atoms with Crippen molar-refractivity contribution >= 4 is 57.6 Å². The van der Waals surface area contributed by atoms with E-state index in [0.29, 0.717) is 17.1 Å². The van der Waals surface area contributed by atoms with E-state index >= 15 is 0 Å². The Morgan fingerprint density at radius 3 is 3.00 bits per heavy atom. The third-order valence-electron chi connectivity index (χ3n) is 3.34. The van der Waals surface area contributed by atoms with Crippen LogP contribution >= 0.6 is 34.4 Å². The summed E-state index contributed by atoms with van der Waals surface area (Å²) >= 11 is 4.53. The quantitative estimate of drug-likeness (QED) is 0.723. The van der Waals surface area contributed by atoms with E-state index < -0.39 is 0 Å². The highest BCUT2D eigenvalue weighted by Gasteiger charge is 2.17. The summed E-state index contributed by atoms with van der Waals surface area (Å²) in [5.41, 5.74) is 1.75. The SMILES string of the molecule is O=C1CSc2ccc(NC(=O)c3csc(-c4cccs4)n3)cc2N1. The predicted octanol–water partition coefficient (Wildman–Crippen LogP) is 4.17. The standard InChI is InChI=1S/C16H11N3O2S3/c20-14-8-23-12-4-3-9(6-10(12)18-14)17-15(21)11-7-24-16(19-11)13-2-1-5-22-13/h1-7H,8H2,(H,17,21)(H,18,20). The number of fused-ring (bicyclic) bond motifs is 1. The Morgan fingerprint density at radius 1 is 1.25 bits per heavy atom. The molecule has 24 heavy (non-hydrogen) atoms. The first-order valence-corrected chi connectivity index (χ1v) is 9.81. The maximum atomic E-state index is 12.4. The van der Waals surface area contributed by atoms with Gasteiger partial charge in [0.15, 0.2) is 0 Å². The van der Waals surface area contributed by atoms with Gasteiger partial charge in [-0.1, -0.05) is 6.07 Å². The van der Waals surface area contributed by atoms with Gasteiger partial charge in [-0.3, -0.25) is 9.59 Å². The average Bonchev–Trinajstić information content (AvgIpc) is 3.25. The maximum Gasteiger partial charge on any atom is 0.275 e. The minimum absolute atomic E-state index is 0.0314. The molecule has 0 atom stereocenters. The Labute approximate surface area is 150 Å². The van der Waals surface area contributed by atoms with Gasteiger partial charge in [-0.25, -0.2) is 4.98 Å². The highest BCUT2D eigenvalue weighted by atomic mass is 32.2. The summed E-state index contributed by atoms with van der Waals surface area (Å²) < 4.78 is 0. The van der Waals surface area contributed by atoms with Crippen LogP contribution in [0.25, 0.3) is 9.88 Å². The van der Waals surface area contributed by atoms with Crippen LogP contribution < -0.4 is 10.6 Å². The van der Waals surface area contributed by atoms with Crippen LogP contribution in [0.5, 0.6) is 0 Å². The maximum absolute atomic E-state index is 12.4. The van der Waals surface area contributed by atoms with Gasteiger partial charge in [0.25, 0.3) is 5.91 Å². The molecule has 4 rings (SSSR count). The zero-order valence-corrected chi connectivity index (χ0v) is 14.7. The van der Waals surface area contributed by atoms with Crippen LogP contribution in [0.15, 0.2) is 46.0 Å². The molecule has 2 aromatic heterocycles. The van der Waals surface area contributed by atoms with Gasteiger partial charge < -0.3 is 10.6 Å². The van der Waals surface area contributed by atoms with Crippen LogP contribution in [0.1, 0.15) is 10.5 Å². The summed E-state index contributed by atoms with van der Waals surface area (Å²) in [6.45, 7) is 0. The lowest BCUT2D eigenvalue weighted by atomic mass is 10.2. The molecular weight excluding hydrogens is 362 g/mol. The van der Waals surface area contributed by atoms with Crippen molar-refractivity contribution in [3.8, 4) is 9.88 Å². The Hall–Kier alpha value is -2.16. The number of carbonyl (C=O) groups excluding carboxylic acids is 2. The number of amides is 2. The predicted molar refractivity (Wildman–Crippen MR) is 99.2 cm³/mol. The van der Waals surface area contributed by atoms with Gasteiger partial charge in [0.1, 0.15) is 10.7 Å². The van der Waals surface area contributed by atoms with E-state index in [-0.39, 0.29) is 11.8 Å². The van der Waals surface area contributed by atoms with Crippen molar-refractivity contribution in [2.24, 2.45) is 0 Å². The molecular formula is C16H11N3O2S3. The van der Waals surface area contributed by atoms with E-state index in [2.05, 4.69) is 15.6 Å². The molecule has 0 saturated carbocycles. The summed E-state index contributed by atoms with van der Waals surface area (Å²) in [6.07, 6.45) is 0. The molecule has 3 heterocycles. The van der Waals surface area contributed by atoms with Crippen molar-refractivity contribution in [1.29, 1.82) is 0 Å². The van der Waals surface area contributed by atoms with Crippen molar-refractivity contribution in [2.75, 3.05) is 16.4 Å². The molecule has 0 saturated heterocycles. The molecule has 120 valence electrons. The normalized spacial score (nSPS) is 13.2. The van der Waals surface area contributed by atoms with Gasteiger partial charge in [0.05, 0.1) is 16.3 Å². The van der Waals surface area contributed by atoms with Crippen LogP contribution in [0, 0.1) is 0 Å². The molecule has 1 aliphatic rings. The van der Waals surface area contributed by atoms with Gasteiger partial charge >= 0.3 is 0 Å². The highest BCUT2D eigenvalue weighted by molar-refractivity contribution is 8.00. The summed E-state index contributed by atoms with van der Waals surface area (Å²) in [4.78, 5) is 30.3. The summed E-state index contributed by atoms with van der Waals surface area (Å²) in [5, 5.41) is 10.2. The van der Waals surface area contributed by atoms with Gasteiger partial charge in [-0.15, -0.1) is 34.4 Å². The average molecular weight is 373 g/mol. The number of thiophene rings is 1. The second-order valence-electron chi connectivity index (χ2n) is 5.02. The fourth-order valence-electron chi connectivity index (χ4n) is 2.25. The lowest BCUT2D eigenvalue weighted by Gasteiger charge is -2.17. The minimum Gasteiger partial charge on any atom is -0.324 e. The fourth-order valence-corrected chi connectivity index (χ4v) is 4.65. The number of benzene rings is 1. The van der Waals surface area contributed by atoms with E-state index in [9.17, 15) is 9.59 Å². The number of thioether (sulfide) groups is 1. The second-order valence-corrected chi connectivity index (χ2v) is 7.84. The van der Waals surface area contributed by atoms with Crippen LogP contribution in [0.4, 0.5) is 11.4 Å². The van der Waals surface area contributed by atoms with E-state index in [0.717, 1.165) is 20.5 Å². The van der Waals surface area contributed by atoms with E-state index in [1.165, 1.54) is 23.1 Å². The molecule has 0 spiro atoms. The highest BCUT2D eigenvalue weighted by Crippen LogP contribution is 2.33. The number of thiazole rings is 1. The summed E-state index contributed by atoms with van der Waals surface area (Å²) in [6, 6.07) is 9.43. The number of nitrogens with zero attached hydrogens (tertiary/aromatic N) is 1. The third-order valence-corrected chi connectivity index (χ3v) is 6.29. The molecule has 0 aliphatic carbocycles. The largest absolute Gasteiger partial charge is 0.324 e. The lowest BCUT2D eigenvalue weighted by Crippen LogP contribution is -2.19. The van der Waals surface area contributed by atoms with Crippen LogP contribution in [-0.2, 0) is 4.79 Å². The van der Waals surface area contributed by atoms with Gasteiger partial charge in [0, 0.05) is 16.0 Å². The number of rotatable bonds is 3. The zero-order chi connectivity index (χ0) is 16.5. The molecule has 2 N–H and O–H groups in total. The van der Waals surface area contributed by atoms with Crippen molar-refractivity contribution in [3.05, 3.63) is 46.8 Å². The first kappa shape index (κ1) is 15.4. The Morgan fingerprint density at radius 2 is 2.17 bits per heavy atom. The van der Waals surface area contributed by atoms with Crippen molar-refractivity contribution in [2.45, 2.75) is 4.90 Å². The van der Waals surface area contributed by atoms with Crippen molar-refractivity contribution in [3.63, 3.8) is 0 Å². The summed E-state index contributed by atoms with van der Waals surface area (Å²) in [7, 11) is 0. The first-order valence-electron chi connectivity index (χ1n) is 7.06. The molecule has 2 amide bonds. The van der Waals surface area contributed by atoms with E-state index in [4.69, 9.17) is 0 Å².